The van der Waals surface area contributed by atoms with Gasteiger partial charge in [0.05, 0.1) is 14.2 Å². The standard InChI is InChI=1S/C14H17N3O3/c1-4-9-7-11(17-16-9)14(18)15-10-5-6-12(19-2)13(8-10)20-3/h5-8H,4H2,1-3H3,(H,15,18)(H,16,17). The van der Waals surface area contributed by atoms with Gasteiger partial charge in [0.1, 0.15) is 0 Å². The summed E-state index contributed by atoms with van der Waals surface area (Å²) in [7, 11) is 3.11. The van der Waals surface area contributed by atoms with Crippen molar-refractivity contribution >= 4 is 11.6 Å². The fourth-order valence-corrected chi connectivity index (χ4v) is 1.77. The molecule has 0 aliphatic carbocycles. The van der Waals surface area contributed by atoms with Crippen LogP contribution in [0.4, 0.5) is 5.69 Å². The highest BCUT2D eigenvalue weighted by Crippen LogP contribution is 2.29. The maximum atomic E-state index is 12.0. The van der Waals surface area contributed by atoms with E-state index in [1.54, 1.807) is 38.5 Å². The molecule has 0 fully saturated rings. The number of amides is 1. The lowest BCUT2D eigenvalue weighted by atomic mass is 10.2. The number of nitrogens with zero attached hydrogens (tertiary/aromatic N) is 1. The summed E-state index contributed by atoms with van der Waals surface area (Å²) in [5, 5.41) is 9.54. The second-order valence-corrected chi connectivity index (χ2v) is 4.16. The predicted octanol–water partition coefficient (Wildman–Crippen LogP) is 2.24. The molecule has 1 amide bonds. The Balaban J connectivity index is 2.15. The van der Waals surface area contributed by atoms with Crippen LogP contribution in [-0.4, -0.2) is 30.3 Å². The highest BCUT2D eigenvalue weighted by atomic mass is 16.5. The number of nitrogens with one attached hydrogen (secondary N) is 2. The van der Waals surface area contributed by atoms with Gasteiger partial charge in [-0.05, 0) is 24.6 Å². The number of hydrogen-bond donors (Lipinski definition) is 2. The van der Waals surface area contributed by atoms with Crippen molar-refractivity contribution in [3.8, 4) is 11.5 Å². The fourth-order valence-electron chi connectivity index (χ4n) is 1.77. The van der Waals surface area contributed by atoms with Gasteiger partial charge in [0.25, 0.3) is 5.91 Å². The zero-order valence-corrected chi connectivity index (χ0v) is 11.7. The largest absolute Gasteiger partial charge is 0.493 e. The van der Waals surface area contributed by atoms with Crippen LogP contribution in [-0.2, 0) is 6.42 Å². The normalized spacial score (nSPS) is 10.2. The van der Waals surface area contributed by atoms with Crippen molar-refractivity contribution in [2.24, 2.45) is 0 Å². The lowest BCUT2D eigenvalue weighted by molar-refractivity contribution is 0.102. The second-order valence-electron chi connectivity index (χ2n) is 4.16. The molecule has 106 valence electrons. The Hall–Kier alpha value is -2.50. The van der Waals surface area contributed by atoms with Crippen LogP contribution in [0.2, 0.25) is 0 Å². The molecule has 2 N–H and O–H groups in total. The summed E-state index contributed by atoms with van der Waals surface area (Å²) >= 11 is 0. The molecule has 0 saturated carbocycles. The van der Waals surface area contributed by atoms with Crippen LogP contribution in [0.25, 0.3) is 0 Å². The van der Waals surface area contributed by atoms with Gasteiger partial charge in [-0.15, -0.1) is 0 Å². The number of carbonyl (C=O) groups is 1. The number of aromatic amines is 1. The number of anilines is 1. The smallest absolute Gasteiger partial charge is 0.276 e. The van der Waals surface area contributed by atoms with Crippen LogP contribution in [0.3, 0.4) is 0 Å². The Kier molecular flexibility index (Phi) is 4.24. The number of H-pyrrole nitrogens is 1. The summed E-state index contributed by atoms with van der Waals surface area (Å²) in [6, 6.07) is 6.91. The van der Waals surface area contributed by atoms with Crippen LogP contribution in [0, 0.1) is 0 Å². The molecule has 0 unspecified atom stereocenters. The molecule has 6 heteroatoms. The lowest BCUT2D eigenvalue weighted by Gasteiger charge is -2.09. The second kappa shape index (κ2) is 6.10. The third kappa shape index (κ3) is 2.90. The number of carbonyl (C=O) groups excluding carboxylic acids is 1. The van der Waals surface area contributed by atoms with Crippen molar-refractivity contribution in [1.29, 1.82) is 0 Å². The number of aryl methyl sites for hydroxylation is 1. The van der Waals surface area contributed by atoms with E-state index in [2.05, 4.69) is 15.5 Å². The topological polar surface area (TPSA) is 76.2 Å². The number of benzene rings is 1. The molecule has 0 radical (unpaired) electrons. The van der Waals surface area contributed by atoms with Crippen molar-refractivity contribution < 1.29 is 14.3 Å². The van der Waals surface area contributed by atoms with Gasteiger partial charge in [-0.3, -0.25) is 9.89 Å². The monoisotopic (exact) mass is 275 g/mol. The first kappa shape index (κ1) is 13.9. The Labute approximate surface area is 117 Å². The molecular formula is C14H17N3O3. The third-order valence-corrected chi connectivity index (χ3v) is 2.89. The van der Waals surface area contributed by atoms with Gasteiger partial charge in [-0.1, -0.05) is 6.92 Å². The maximum Gasteiger partial charge on any atom is 0.276 e. The lowest BCUT2D eigenvalue weighted by Crippen LogP contribution is -2.12. The summed E-state index contributed by atoms with van der Waals surface area (Å²) in [5.74, 6) is 0.897. The number of methoxy groups -OCH3 is 2. The van der Waals surface area contributed by atoms with Gasteiger partial charge in [-0.2, -0.15) is 5.10 Å². The third-order valence-electron chi connectivity index (χ3n) is 2.89. The molecule has 0 bridgehead atoms. The van der Waals surface area contributed by atoms with E-state index in [-0.39, 0.29) is 5.91 Å². The molecule has 1 heterocycles. The highest BCUT2D eigenvalue weighted by Gasteiger charge is 2.12. The van der Waals surface area contributed by atoms with Gasteiger partial charge >= 0.3 is 0 Å². The van der Waals surface area contributed by atoms with Crippen LogP contribution in [0.1, 0.15) is 23.1 Å². The van der Waals surface area contributed by atoms with Gasteiger partial charge in [0, 0.05) is 17.4 Å². The van der Waals surface area contributed by atoms with E-state index in [9.17, 15) is 4.79 Å². The number of hydrogen-bond acceptors (Lipinski definition) is 4. The first-order valence-corrected chi connectivity index (χ1v) is 6.25. The number of aromatic nitrogens is 2. The van der Waals surface area contributed by atoms with E-state index >= 15 is 0 Å². The zero-order chi connectivity index (χ0) is 14.5. The predicted molar refractivity (Wildman–Crippen MR) is 75.5 cm³/mol. The average molecular weight is 275 g/mol. The van der Waals surface area contributed by atoms with Crippen LogP contribution < -0.4 is 14.8 Å². The quantitative estimate of drug-likeness (QED) is 0.877. The van der Waals surface area contributed by atoms with Crippen LogP contribution in [0.15, 0.2) is 24.3 Å². The number of ether oxygens (including phenoxy) is 2. The molecule has 1 aromatic heterocycles. The minimum atomic E-state index is -0.270. The summed E-state index contributed by atoms with van der Waals surface area (Å²) in [5.41, 5.74) is 1.90. The van der Waals surface area contributed by atoms with Crippen molar-refractivity contribution in [3.63, 3.8) is 0 Å². The Morgan fingerprint density at radius 1 is 1.25 bits per heavy atom. The van der Waals surface area contributed by atoms with E-state index in [4.69, 9.17) is 9.47 Å². The van der Waals surface area contributed by atoms with Crippen molar-refractivity contribution in [2.75, 3.05) is 19.5 Å². The summed E-state index contributed by atoms with van der Waals surface area (Å²) in [6.45, 7) is 1.99. The van der Waals surface area contributed by atoms with Crippen molar-refractivity contribution in [1.82, 2.24) is 10.2 Å². The van der Waals surface area contributed by atoms with E-state index in [1.165, 1.54) is 0 Å². The molecule has 0 saturated heterocycles. The fraction of sp³-hybridized carbons (Fsp3) is 0.286. The molecule has 0 atom stereocenters. The molecule has 6 nitrogen and oxygen atoms in total. The summed E-state index contributed by atoms with van der Waals surface area (Å²) in [6.07, 6.45) is 0.802. The average Bonchev–Trinajstić information content (AvgIpc) is 2.96. The minimum Gasteiger partial charge on any atom is -0.493 e. The van der Waals surface area contributed by atoms with Gasteiger partial charge in [-0.25, -0.2) is 0 Å². The van der Waals surface area contributed by atoms with Crippen LogP contribution in [0.5, 0.6) is 11.5 Å². The Morgan fingerprint density at radius 3 is 2.60 bits per heavy atom. The SMILES string of the molecule is CCc1cc(C(=O)Nc2ccc(OC)c(OC)c2)n[nH]1. The number of rotatable bonds is 5. The molecular weight excluding hydrogens is 258 g/mol. The molecule has 20 heavy (non-hydrogen) atoms. The Bertz CT molecular complexity index is 607. The molecule has 2 aromatic rings. The van der Waals surface area contributed by atoms with Crippen LogP contribution >= 0.6 is 0 Å². The van der Waals surface area contributed by atoms with E-state index in [0.717, 1.165) is 12.1 Å². The van der Waals surface area contributed by atoms with Gasteiger partial charge < -0.3 is 14.8 Å². The van der Waals surface area contributed by atoms with Crippen molar-refractivity contribution in [3.05, 3.63) is 35.7 Å². The highest BCUT2D eigenvalue weighted by molar-refractivity contribution is 6.03. The van der Waals surface area contributed by atoms with E-state index in [0.29, 0.717) is 22.9 Å². The first-order chi connectivity index (χ1) is 9.67. The maximum absolute atomic E-state index is 12.0. The summed E-state index contributed by atoms with van der Waals surface area (Å²) < 4.78 is 10.3. The van der Waals surface area contributed by atoms with Gasteiger partial charge in [0.15, 0.2) is 17.2 Å². The van der Waals surface area contributed by atoms with Gasteiger partial charge in [0.2, 0.25) is 0 Å². The summed E-state index contributed by atoms with van der Waals surface area (Å²) in [4.78, 5) is 12.0. The molecule has 0 spiro atoms. The molecule has 0 aliphatic rings. The first-order valence-electron chi connectivity index (χ1n) is 6.25. The minimum absolute atomic E-state index is 0.270. The molecule has 2 rings (SSSR count). The molecule has 1 aromatic carbocycles. The zero-order valence-electron chi connectivity index (χ0n) is 11.7. The Morgan fingerprint density at radius 2 is 2.00 bits per heavy atom. The van der Waals surface area contributed by atoms with Crippen molar-refractivity contribution in [2.45, 2.75) is 13.3 Å². The van der Waals surface area contributed by atoms with E-state index < -0.39 is 0 Å². The molecule has 0 aliphatic heterocycles. The van der Waals surface area contributed by atoms with E-state index in [1.807, 2.05) is 6.92 Å².